The highest BCUT2D eigenvalue weighted by atomic mass is 32.2. The first-order valence-corrected chi connectivity index (χ1v) is 12.3. The molecule has 1 fully saturated rings. The quantitative estimate of drug-likeness (QED) is 0.639. The van der Waals surface area contributed by atoms with Gasteiger partial charge in [0.2, 0.25) is 17.7 Å². The minimum absolute atomic E-state index is 0.176. The Labute approximate surface area is 203 Å². The van der Waals surface area contributed by atoms with Gasteiger partial charge in [-0.05, 0) is 49.2 Å². The minimum atomic E-state index is -0.891. The third-order valence-electron chi connectivity index (χ3n) is 5.82. The standard InChI is InChI=1S/C25H28N4O4S/c1-17(30)26-18-10-12-19(13-11-18)27-22(31)16-29-20-8-4-5-9-21(20)34-23(25(29)33)24(32)28-14-6-2-3-7-15-28/h4-5,8-13,23H,2-3,6-7,14-16H2,1H3,(H,26,30)(H,27,31)/t23-/m0/s1. The summed E-state index contributed by atoms with van der Waals surface area (Å²) in [6.45, 7) is 2.56. The van der Waals surface area contributed by atoms with Crippen molar-refractivity contribution in [1.82, 2.24) is 4.90 Å². The van der Waals surface area contributed by atoms with Crippen molar-refractivity contribution >= 4 is 52.5 Å². The van der Waals surface area contributed by atoms with Crippen LogP contribution in [0.5, 0.6) is 0 Å². The molecule has 2 aromatic carbocycles. The number of nitrogens with one attached hydrogen (secondary N) is 2. The van der Waals surface area contributed by atoms with E-state index in [0.29, 0.717) is 30.2 Å². The first-order valence-electron chi connectivity index (χ1n) is 11.5. The predicted octanol–water partition coefficient (Wildman–Crippen LogP) is 3.49. The maximum Gasteiger partial charge on any atom is 0.250 e. The number of nitrogens with zero attached hydrogens (tertiary/aromatic N) is 2. The van der Waals surface area contributed by atoms with Crippen LogP contribution >= 0.6 is 11.8 Å². The van der Waals surface area contributed by atoms with Gasteiger partial charge in [-0.2, -0.15) is 0 Å². The minimum Gasteiger partial charge on any atom is -0.341 e. The number of amides is 4. The van der Waals surface area contributed by atoms with Gasteiger partial charge in [0.05, 0.1) is 5.69 Å². The lowest BCUT2D eigenvalue weighted by Gasteiger charge is -2.34. The van der Waals surface area contributed by atoms with Crippen molar-refractivity contribution in [2.45, 2.75) is 42.8 Å². The summed E-state index contributed by atoms with van der Waals surface area (Å²) >= 11 is 1.27. The normalized spacial score (nSPS) is 18.0. The molecule has 34 heavy (non-hydrogen) atoms. The van der Waals surface area contributed by atoms with Crippen molar-refractivity contribution in [2.75, 3.05) is 35.2 Å². The van der Waals surface area contributed by atoms with Gasteiger partial charge in [0.25, 0.3) is 5.91 Å². The number of rotatable bonds is 5. The van der Waals surface area contributed by atoms with E-state index in [9.17, 15) is 19.2 Å². The van der Waals surface area contributed by atoms with E-state index in [1.54, 1.807) is 35.2 Å². The van der Waals surface area contributed by atoms with Crippen LogP contribution in [0.4, 0.5) is 17.1 Å². The number of thioether (sulfide) groups is 1. The number of hydrogen-bond acceptors (Lipinski definition) is 5. The van der Waals surface area contributed by atoms with E-state index in [1.807, 2.05) is 18.2 Å². The van der Waals surface area contributed by atoms with E-state index in [-0.39, 0.29) is 30.2 Å². The molecular weight excluding hydrogens is 452 g/mol. The van der Waals surface area contributed by atoms with Crippen LogP contribution in [-0.2, 0) is 19.2 Å². The molecule has 0 unspecified atom stereocenters. The average Bonchev–Trinajstić information content (AvgIpc) is 3.11. The first kappa shape index (κ1) is 23.8. The molecule has 4 rings (SSSR count). The molecule has 0 bridgehead atoms. The molecule has 0 aromatic heterocycles. The Balaban J connectivity index is 1.49. The van der Waals surface area contributed by atoms with Crippen molar-refractivity contribution in [1.29, 1.82) is 0 Å². The van der Waals surface area contributed by atoms with Gasteiger partial charge in [0.1, 0.15) is 6.54 Å². The topological polar surface area (TPSA) is 98.8 Å². The Bertz CT molecular complexity index is 1080. The van der Waals surface area contributed by atoms with E-state index in [0.717, 1.165) is 30.6 Å². The number of anilines is 3. The fraction of sp³-hybridized carbons (Fsp3) is 0.360. The van der Waals surface area contributed by atoms with Crippen LogP contribution < -0.4 is 15.5 Å². The second-order valence-electron chi connectivity index (χ2n) is 8.44. The summed E-state index contributed by atoms with van der Waals surface area (Å²) in [6.07, 6.45) is 4.08. The van der Waals surface area contributed by atoms with Crippen molar-refractivity contribution in [2.24, 2.45) is 0 Å². The van der Waals surface area contributed by atoms with Crippen LogP contribution in [0.3, 0.4) is 0 Å². The molecule has 2 aliphatic rings. The lowest BCUT2D eigenvalue weighted by molar-refractivity contribution is -0.135. The Morgan fingerprint density at radius 3 is 2.18 bits per heavy atom. The number of benzene rings is 2. The van der Waals surface area contributed by atoms with E-state index >= 15 is 0 Å². The molecule has 178 valence electrons. The molecule has 2 aliphatic heterocycles. The molecule has 0 spiro atoms. The summed E-state index contributed by atoms with van der Waals surface area (Å²) < 4.78 is 0. The summed E-state index contributed by atoms with van der Waals surface area (Å²) in [4.78, 5) is 54.7. The molecule has 2 aromatic rings. The van der Waals surface area contributed by atoms with E-state index < -0.39 is 5.25 Å². The first-order chi connectivity index (χ1) is 16.4. The Morgan fingerprint density at radius 2 is 1.53 bits per heavy atom. The molecule has 0 aliphatic carbocycles. The number of carbonyl (C=O) groups excluding carboxylic acids is 4. The largest absolute Gasteiger partial charge is 0.341 e. The monoisotopic (exact) mass is 480 g/mol. The molecule has 2 heterocycles. The summed E-state index contributed by atoms with van der Waals surface area (Å²) in [7, 11) is 0. The molecule has 0 saturated carbocycles. The molecule has 1 atom stereocenters. The van der Waals surface area contributed by atoms with Crippen molar-refractivity contribution in [3.63, 3.8) is 0 Å². The molecule has 2 N–H and O–H groups in total. The summed E-state index contributed by atoms with van der Waals surface area (Å²) in [5.74, 6) is -1.09. The Morgan fingerprint density at radius 1 is 0.912 bits per heavy atom. The van der Waals surface area contributed by atoms with Gasteiger partial charge < -0.3 is 20.4 Å². The van der Waals surface area contributed by atoms with Gasteiger partial charge >= 0.3 is 0 Å². The zero-order valence-corrected chi connectivity index (χ0v) is 19.9. The van der Waals surface area contributed by atoms with Crippen LogP contribution in [0, 0.1) is 0 Å². The van der Waals surface area contributed by atoms with E-state index in [2.05, 4.69) is 10.6 Å². The molecule has 4 amide bonds. The molecule has 9 heteroatoms. The summed E-state index contributed by atoms with van der Waals surface area (Å²) in [5.41, 5.74) is 1.80. The molecule has 1 saturated heterocycles. The number of para-hydroxylation sites is 1. The third kappa shape index (κ3) is 5.59. The second-order valence-corrected chi connectivity index (χ2v) is 9.58. The number of fused-ring (bicyclic) bond motifs is 1. The second kappa shape index (κ2) is 10.7. The van der Waals surface area contributed by atoms with Crippen LogP contribution in [0.1, 0.15) is 32.6 Å². The lowest BCUT2D eigenvalue weighted by atomic mass is 10.2. The number of likely N-dealkylation sites (tertiary alicyclic amines) is 1. The van der Waals surface area contributed by atoms with E-state index in [1.165, 1.54) is 23.6 Å². The number of carbonyl (C=O) groups is 4. The van der Waals surface area contributed by atoms with Crippen LogP contribution in [0.2, 0.25) is 0 Å². The Kier molecular flexibility index (Phi) is 7.52. The summed E-state index contributed by atoms with van der Waals surface area (Å²) in [5, 5.41) is 4.57. The van der Waals surface area contributed by atoms with Crippen LogP contribution in [-0.4, -0.2) is 53.4 Å². The average molecular weight is 481 g/mol. The highest BCUT2D eigenvalue weighted by Crippen LogP contribution is 2.39. The Hall–Kier alpha value is -3.33. The third-order valence-corrected chi connectivity index (χ3v) is 7.06. The smallest absolute Gasteiger partial charge is 0.250 e. The SMILES string of the molecule is CC(=O)Nc1ccc(NC(=O)CN2C(=O)[C@H](C(=O)N3CCCCCC3)Sc3ccccc32)cc1. The maximum absolute atomic E-state index is 13.4. The molecular formula is C25H28N4O4S. The lowest BCUT2D eigenvalue weighted by Crippen LogP contribution is -2.51. The van der Waals surface area contributed by atoms with Gasteiger partial charge in [0.15, 0.2) is 5.25 Å². The molecule has 0 radical (unpaired) electrons. The maximum atomic E-state index is 13.4. The van der Waals surface area contributed by atoms with Gasteiger partial charge in [-0.15, -0.1) is 11.8 Å². The highest BCUT2D eigenvalue weighted by Gasteiger charge is 2.40. The highest BCUT2D eigenvalue weighted by molar-refractivity contribution is 8.01. The van der Waals surface area contributed by atoms with Crippen molar-refractivity contribution in [3.8, 4) is 0 Å². The fourth-order valence-electron chi connectivity index (χ4n) is 4.18. The fourth-order valence-corrected chi connectivity index (χ4v) is 5.37. The predicted molar refractivity (Wildman–Crippen MR) is 133 cm³/mol. The van der Waals surface area contributed by atoms with E-state index in [4.69, 9.17) is 0 Å². The van der Waals surface area contributed by atoms with Gasteiger partial charge in [-0.1, -0.05) is 25.0 Å². The zero-order chi connectivity index (χ0) is 24.1. The van der Waals surface area contributed by atoms with Crippen molar-refractivity contribution in [3.05, 3.63) is 48.5 Å². The van der Waals surface area contributed by atoms with Gasteiger partial charge in [-0.25, -0.2) is 0 Å². The number of hydrogen-bond donors (Lipinski definition) is 2. The van der Waals surface area contributed by atoms with Gasteiger partial charge in [-0.3, -0.25) is 19.2 Å². The summed E-state index contributed by atoms with van der Waals surface area (Å²) in [6, 6.07) is 14.1. The van der Waals surface area contributed by atoms with Crippen LogP contribution in [0.25, 0.3) is 0 Å². The van der Waals surface area contributed by atoms with Crippen LogP contribution in [0.15, 0.2) is 53.4 Å². The van der Waals surface area contributed by atoms with Crippen molar-refractivity contribution < 1.29 is 19.2 Å². The van der Waals surface area contributed by atoms with Gasteiger partial charge in [0, 0.05) is 36.3 Å². The zero-order valence-electron chi connectivity index (χ0n) is 19.1. The molecule has 8 nitrogen and oxygen atoms in total.